The lowest BCUT2D eigenvalue weighted by Crippen LogP contribution is -2.41. The van der Waals surface area contributed by atoms with Gasteiger partial charge >= 0.3 is 0 Å². The standard InChI is InChI=1S/C10H10Cl2S/c1-10(9(12)6-13-10)7-3-2-4-8(11)5-7/h2-5,9H,6H2,1H3. The lowest BCUT2D eigenvalue weighted by molar-refractivity contribution is 0.635. The van der Waals surface area contributed by atoms with E-state index in [0.717, 1.165) is 10.8 Å². The van der Waals surface area contributed by atoms with Crippen LogP contribution in [0.25, 0.3) is 0 Å². The molecule has 1 aliphatic rings. The van der Waals surface area contributed by atoms with Crippen LogP contribution in [-0.4, -0.2) is 11.1 Å². The molecule has 0 amide bonds. The fraction of sp³-hybridized carbons (Fsp3) is 0.400. The Morgan fingerprint density at radius 1 is 1.54 bits per heavy atom. The molecule has 0 saturated carbocycles. The highest BCUT2D eigenvalue weighted by atomic mass is 35.5. The Labute approximate surface area is 92.6 Å². The molecular formula is C10H10Cl2S. The van der Waals surface area contributed by atoms with Crippen molar-refractivity contribution in [2.24, 2.45) is 0 Å². The summed E-state index contributed by atoms with van der Waals surface area (Å²) in [6.07, 6.45) is 0. The molecule has 2 atom stereocenters. The van der Waals surface area contributed by atoms with E-state index >= 15 is 0 Å². The van der Waals surface area contributed by atoms with Crippen molar-refractivity contribution in [1.29, 1.82) is 0 Å². The van der Waals surface area contributed by atoms with Gasteiger partial charge in [0.15, 0.2) is 0 Å². The van der Waals surface area contributed by atoms with Crippen LogP contribution in [0.15, 0.2) is 24.3 Å². The van der Waals surface area contributed by atoms with Gasteiger partial charge in [-0.1, -0.05) is 23.7 Å². The van der Waals surface area contributed by atoms with Gasteiger partial charge in [-0.15, -0.1) is 23.4 Å². The molecule has 1 aliphatic heterocycles. The summed E-state index contributed by atoms with van der Waals surface area (Å²) < 4.78 is 0.0620. The van der Waals surface area contributed by atoms with Crippen LogP contribution < -0.4 is 0 Å². The summed E-state index contributed by atoms with van der Waals surface area (Å²) in [4.78, 5) is 0. The van der Waals surface area contributed by atoms with Gasteiger partial charge in [0.05, 0.1) is 10.1 Å². The molecule has 1 heterocycles. The van der Waals surface area contributed by atoms with Gasteiger partial charge in [-0.2, -0.15) is 0 Å². The van der Waals surface area contributed by atoms with E-state index in [2.05, 4.69) is 13.0 Å². The summed E-state index contributed by atoms with van der Waals surface area (Å²) in [5, 5.41) is 1.02. The number of rotatable bonds is 1. The molecule has 0 bridgehead atoms. The normalized spacial score (nSPS) is 32.7. The first-order valence-corrected chi connectivity index (χ1v) is 5.97. The minimum atomic E-state index is 0.0620. The largest absolute Gasteiger partial charge is 0.147 e. The maximum absolute atomic E-state index is 6.18. The number of hydrogen-bond donors (Lipinski definition) is 0. The smallest absolute Gasteiger partial charge is 0.0611 e. The van der Waals surface area contributed by atoms with Crippen LogP contribution in [0.2, 0.25) is 5.02 Å². The number of hydrogen-bond acceptors (Lipinski definition) is 1. The molecule has 0 radical (unpaired) electrons. The van der Waals surface area contributed by atoms with Crippen LogP contribution in [0, 0.1) is 0 Å². The van der Waals surface area contributed by atoms with Crippen LogP contribution >= 0.6 is 35.0 Å². The van der Waals surface area contributed by atoms with Crippen molar-refractivity contribution in [3.63, 3.8) is 0 Å². The molecule has 0 aliphatic carbocycles. The fourth-order valence-corrected chi connectivity index (χ4v) is 3.24. The molecule has 2 rings (SSSR count). The van der Waals surface area contributed by atoms with Crippen molar-refractivity contribution in [1.82, 2.24) is 0 Å². The lowest BCUT2D eigenvalue weighted by atomic mass is 9.96. The van der Waals surface area contributed by atoms with Gasteiger partial charge in [0, 0.05) is 10.8 Å². The predicted octanol–water partition coefficient (Wildman–Crippen LogP) is 3.91. The van der Waals surface area contributed by atoms with Crippen LogP contribution in [0.4, 0.5) is 0 Å². The maximum Gasteiger partial charge on any atom is 0.0611 e. The summed E-state index contributed by atoms with van der Waals surface area (Å²) in [5.74, 6) is 1.03. The van der Waals surface area contributed by atoms with E-state index in [-0.39, 0.29) is 10.1 Å². The molecule has 1 aromatic rings. The summed E-state index contributed by atoms with van der Waals surface area (Å²) in [7, 11) is 0. The van der Waals surface area contributed by atoms with E-state index in [1.807, 2.05) is 30.0 Å². The Morgan fingerprint density at radius 3 is 2.77 bits per heavy atom. The molecule has 1 fully saturated rings. The monoisotopic (exact) mass is 232 g/mol. The van der Waals surface area contributed by atoms with Crippen LogP contribution in [0.1, 0.15) is 12.5 Å². The predicted molar refractivity (Wildman–Crippen MR) is 60.9 cm³/mol. The van der Waals surface area contributed by atoms with E-state index in [0.29, 0.717) is 0 Å². The van der Waals surface area contributed by atoms with E-state index in [1.165, 1.54) is 5.56 Å². The fourth-order valence-electron chi connectivity index (χ4n) is 1.46. The van der Waals surface area contributed by atoms with Crippen LogP contribution in [-0.2, 0) is 4.75 Å². The SMILES string of the molecule is CC1(c2cccc(Cl)c2)SCC1Cl. The molecule has 0 nitrogen and oxygen atoms in total. The van der Waals surface area contributed by atoms with Gasteiger partial charge in [0.1, 0.15) is 0 Å². The third-order valence-electron chi connectivity index (χ3n) is 2.53. The van der Waals surface area contributed by atoms with Crippen molar-refractivity contribution in [2.75, 3.05) is 5.75 Å². The molecule has 0 N–H and O–H groups in total. The van der Waals surface area contributed by atoms with Crippen molar-refractivity contribution in [3.05, 3.63) is 34.9 Å². The Morgan fingerprint density at radius 2 is 2.31 bits per heavy atom. The number of alkyl halides is 1. The van der Waals surface area contributed by atoms with Crippen molar-refractivity contribution in [2.45, 2.75) is 17.0 Å². The molecule has 0 spiro atoms. The highest BCUT2D eigenvalue weighted by Crippen LogP contribution is 2.51. The van der Waals surface area contributed by atoms with Gasteiger partial charge in [0.2, 0.25) is 0 Å². The zero-order chi connectivity index (χ0) is 9.47. The first-order chi connectivity index (χ1) is 6.13. The first-order valence-electron chi connectivity index (χ1n) is 4.17. The zero-order valence-electron chi connectivity index (χ0n) is 7.26. The Bertz CT molecular complexity index is 326. The number of halogens is 2. The van der Waals surface area contributed by atoms with Crippen molar-refractivity contribution >= 4 is 35.0 Å². The second kappa shape index (κ2) is 3.38. The Kier molecular flexibility index (Phi) is 2.52. The molecule has 70 valence electrons. The number of thioether (sulfide) groups is 1. The Balaban J connectivity index is 2.35. The van der Waals surface area contributed by atoms with Gasteiger partial charge < -0.3 is 0 Å². The molecule has 2 unspecified atom stereocenters. The summed E-state index contributed by atoms with van der Waals surface area (Å²) in [5.41, 5.74) is 1.23. The van der Waals surface area contributed by atoms with E-state index in [9.17, 15) is 0 Å². The molecule has 1 aromatic carbocycles. The average Bonchev–Trinajstić information content (AvgIpc) is 2.14. The highest BCUT2D eigenvalue weighted by Gasteiger charge is 2.43. The third kappa shape index (κ3) is 1.58. The number of benzene rings is 1. The van der Waals surface area contributed by atoms with Gasteiger partial charge in [0.25, 0.3) is 0 Å². The maximum atomic E-state index is 6.18. The van der Waals surface area contributed by atoms with Crippen LogP contribution in [0.5, 0.6) is 0 Å². The van der Waals surface area contributed by atoms with E-state index in [4.69, 9.17) is 23.2 Å². The van der Waals surface area contributed by atoms with E-state index in [1.54, 1.807) is 0 Å². The highest BCUT2D eigenvalue weighted by molar-refractivity contribution is 8.02. The Hall–Kier alpha value is 0.150. The summed E-state index contributed by atoms with van der Waals surface area (Å²) in [6.45, 7) is 2.17. The lowest BCUT2D eigenvalue weighted by Gasteiger charge is -2.43. The zero-order valence-corrected chi connectivity index (χ0v) is 9.59. The molecule has 3 heteroatoms. The molecule has 1 saturated heterocycles. The second-order valence-corrected chi connectivity index (χ2v) is 5.83. The van der Waals surface area contributed by atoms with Gasteiger partial charge in [-0.3, -0.25) is 0 Å². The third-order valence-corrected chi connectivity index (χ3v) is 5.28. The minimum Gasteiger partial charge on any atom is -0.147 e. The minimum absolute atomic E-state index is 0.0620. The average molecular weight is 233 g/mol. The van der Waals surface area contributed by atoms with Crippen LogP contribution in [0.3, 0.4) is 0 Å². The van der Waals surface area contributed by atoms with Gasteiger partial charge in [-0.05, 0) is 24.6 Å². The summed E-state index contributed by atoms with van der Waals surface area (Å²) >= 11 is 14.0. The second-order valence-electron chi connectivity index (χ2n) is 3.40. The van der Waals surface area contributed by atoms with Crippen molar-refractivity contribution in [3.8, 4) is 0 Å². The quantitative estimate of drug-likeness (QED) is 0.662. The molecule has 0 aromatic heterocycles. The van der Waals surface area contributed by atoms with E-state index < -0.39 is 0 Å². The first kappa shape index (κ1) is 9.70. The van der Waals surface area contributed by atoms with Crippen molar-refractivity contribution < 1.29 is 0 Å². The molecular weight excluding hydrogens is 223 g/mol. The summed E-state index contributed by atoms with van der Waals surface area (Å²) in [6, 6.07) is 7.96. The molecule has 13 heavy (non-hydrogen) atoms. The topological polar surface area (TPSA) is 0 Å². The van der Waals surface area contributed by atoms with Gasteiger partial charge in [-0.25, -0.2) is 0 Å².